The molecule has 3 amide bonds. The minimum absolute atomic E-state index is 0.0736. The maximum Gasteiger partial charge on any atom is 0.416 e. The Bertz CT molecular complexity index is 1260. The predicted molar refractivity (Wildman–Crippen MR) is 132 cm³/mol. The van der Waals surface area contributed by atoms with E-state index in [9.17, 15) is 27.2 Å². The highest BCUT2D eigenvalue weighted by Gasteiger charge is 2.35. The van der Waals surface area contributed by atoms with Gasteiger partial charge in [-0.25, -0.2) is 9.18 Å². The molecule has 5 nitrogen and oxygen atoms in total. The topological polar surface area (TPSA) is 61.4 Å². The fourth-order valence-corrected chi connectivity index (χ4v) is 4.53. The molecule has 1 heterocycles. The Morgan fingerprint density at radius 2 is 1.73 bits per heavy atom. The number of anilines is 1. The molecule has 0 bridgehead atoms. The quantitative estimate of drug-likeness (QED) is 0.405. The summed E-state index contributed by atoms with van der Waals surface area (Å²) in [7, 11) is 0. The number of carbonyl (C=O) groups excluding carboxylic acids is 2. The molecule has 1 aliphatic rings. The number of nitrogens with zero attached hydrogens (tertiary/aromatic N) is 1. The number of halogens is 4. The number of likely N-dealkylation sites (tertiary alicyclic amines) is 1. The Hall–Kier alpha value is -3.88. The van der Waals surface area contributed by atoms with Crippen LogP contribution in [0.3, 0.4) is 0 Å². The number of rotatable bonds is 5. The largest absolute Gasteiger partial charge is 0.416 e. The zero-order chi connectivity index (χ0) is 26.6. The molecular formula is C28H27F4N3O2. The molecule has 4 rings (SSSR count). The monoisotopic (exact) mass is 513 g/mol. The van der Waals surface area contributed by atoms with Gasteiger partial charge in [-0.15, -0.1) is 0 Å². The first-order valence-electron chi connectivity index (χ1n) is 11.9. The average Bonchev–Trinajstić information content (AvgIpc) is 2.89. The van der Waals surface area contributed by atoms with E-state index in [0.29, 0.717) is 29.8 Å². The van der Waals surface area contributed by atoms with Crippen LogP contribution in [0, 0.1) is 18.7 Å². The van der Waals surface area contributed by atoms with Crippen molar-refractivity contribution in [3.8, 4) is 0 Å². The number of nitrogens with one attached hydrogen (secondary N) is 2. The van der Waals surface area contributed by atoms with Gasteiger partial charge in [0.1, 0.15) is 5.82 Å². The Morgan fingerprint density at radius 1 is 0.973 bits per heavy atom. The van der Waals surface area contributed by atoms with Crippen LogP contribution in [0.2, 0.25) is 0 Å². The summed E-state index contributed by atoms with van der Waals surface area (Å²) in [4.78, 5) is 27.7. The number of piperidine rings is 1. The van der Waals surface area contributed by atoms with Gasteiger partial charge in [0, 0.05) is 31.2 Å². The van der Waals surface area contributed by atoms with Gasteiger partial charge in [0.15, 0.2) is 0 Å². The molecule has 0 saturated carbocycles. The molecule has 0 aromatic heterocycles. The smallest absolute Gasteiger partial charge is 0.352 e. The summed E-state index contributed by atoms with van der Waals surface area (Å²) in [6, 6.07) is 18.1. The Balaban J connectivity index is 1.50. The SMILES string of the molecule is Cc1cc([C@@H]2C[C@H](C(=O)NCc3cccc(C(F)(F)F)c3)CN(C(=O)Nc3ccccc3)C2)ccc1F. The summed E-state index contributed by atoms with van der Waals surface area (Å²) in [5, 5.41) is 5.55. The number of aryl methyl sites for hydroxylation is 1. The van der Waals surface area contributed by atoms with Crippen LogP contribution in [-0.2, 0) is 17.5 Å². The number of urea groups is 1. The fraction of sp³-hybridized carbons (Fsp3) is 0.286. The van der Waals surface area contributed by atoms with Crippen LogP contribution in [0.1, 0.15) is 34.6 Å². The highest BCUT2D eigenvalue weighted by Crippen LogP contribution is 2.32. The van der Waals surface area contributed by atoms with E-state index in [-0.39, 0.29) is 36.8 Å². The summed E-state index contributed by atoms with van der Waals surface area (Å²) in [6.45, 7) is 2.06. The second-order valence-electron chi connectivity index (χ2n) is 9.26. The van der Waals surface area contributed by atoms with E-state index in [4.69, 9.17) is 0 Å². The number of hydrogen-bond donors (Lipinski definition) is 2. The van der Waals surface area contributed by atoms with Crippen molar-refractivity contribution < 1.29 is 27.2 Å². The van der Waals surface area contributed by atoms with Crippen molar-refractivity contribution in [3.63, 3.8) is 0 Å². The van der Waals surface area contributed by atoms with E-state index >= 15 is 0 Å². The number of hydrogen-bond acceptors (Lipinski definition) is 2. The molecule has 2 atom stereocenters. The van der Waals surface area contributed by atoms with E-state index < -0.39 is 17.7 Å². The van der Waals surface area contributed by atoms with Crippen LogP contribution in [0.15, 0.2) is 72.8 Å². The molecule has 2 N–H and O–H groups in total. The molecular weight excluding hydrogens is 486 g/mol. The van der Waals surface area contributed by atoms with Crippen molar-refractivity contribution >= 4 is 17.6 Å². The molecule has 3 aromatic rings. The van der Waals surface area contributed by atoms with Gasteiger partial charge < -0.3 is 15.5 Å². The van der Waals surface area contributed by atoms with Gasteiger partial charge in [-0.05, 0) is 60.4 Å². The molecule has 0 unspecified atom stereocenters. The predicted octanol–water partition coefficient (Wildman–Crippen LogP) is 6.11. The first kappa shape index (κ1) is 26.2. The molecule has 9 heteroatoms. The lowest BCUT2D eigenvalue weighted by molar-refractivity contribution is -0.137. The minimum Gasteiger partial charge on any atom is -0.352 e. The second-order valence-corrected chi connectivity index (χ2v) is 9.26. The van der Waals surface area contributed by atoms with E-state index in [0.717, 1.165) is 17.7 Å². The highest BCUT2D eigenvalue weighted by atomic mass is 19.4. The third kappa shape index (κ3) is 6.67. The summed E-state index contributed by atoms with van der Waals surface area (Å²) in [5.74, 6) is -1.53. The molecule has 37 heavy (non-hydrogen) atoms. The summed E-state index contributed by atoms with van der Waals surface area (Å²) in [6.07, 6.45) is -4.06. The van der Waals surface area contributed by atoms with Crippen molar-refractivity contribution in [2.45, 2.75) is 32.0 Å². The van der Waals surface area contributed by atoms with Crippen molar-refractivity contribution in [2.75, 3.05) is 18.4 Å². The van der Waals surface area contributed by atoms with Crippen LogP contribution in [-0.4, -0.2) is 29.9 Å². The van der Waals surface area contributed by atoms with Crippen LogP contribution in [0.5, 0.6) is 0 Å². The molecule has 194 valence electrons. The lowest BCUT2D eigenvalue weighted by Crippen LogP contribution is -2.49. The van der Waals surface area contributed by atoms with Crippen LogP contribution >= 0.6 is 0 Å². The van der Waals surface area contributed by atoms with E-state index in [1.54, 1.807) is 48.2 Å². The van der Waals surface area contributed by atoms with Gasteiger partial charge in [0.25, 0.3) is 0 Å². The van der Waals surface area contributed by atoms with Crippen LogP contribution < -0.4 is 10.6 Å². The molecule has 1 saturated heterocycles. The van der Waals surface area contributed by atoms with Gasteiger partial charge in [-0.1, -0.05) is 42.5 Å². The number of amides is 3. The first-order chi connectivity index (χ1) is 17.6. The normalized spacial score (nSPS) is 17.8. The van der Waals surface area contributed by atoms with Crippen LogP contribution in [0.4, 0.5) is 28.0 Å². The lowest BCUT2D eigenvalue weighted by atomic mass is 9.83. The van der Waals surface area contributed by atoms with Gasteiger partial charge in [0.05, 0.1) is 11.5 Å². The zero-order valence-electron chi connectivity index (χ0n) is 20.2. The number of alkyl halides is 3. The molecule has 0 radical (unpaired) electrons. The summed E-state index contributed by atoms with van der Waals surface area (Å²) >= 11 is 0. The molecule has 0 aliphatic carbocycles. The van der Waals surface area contributed by atoms with Crippen LogP contribution in [0.25, 0.3) is 0 Å². The highest BCUT2D eigenvalue weighted by molar-refractivity contribution is 5.90. The number of carbonyl (C=O) groups is 2. The maximum absolute atomic E-state index is 13.9. The van der Waals surface area contributed by atoms with E-state index in [1.165, 1.54) is 18.2 Å². The Kier molecular flexibility index (Phi) is 7.80. The first-order valence-corrected chi connectivity index (χ1v) is 11.9. The van der Waals surface area contributed by atoms with Crippen molar-refractivity contribution in [1.29, 1.82) is 0 Å². The van der Waals surface area contributed by atoms with E-state index in [1.807, 2.05) is 6.07 Å². The second kappa shape index (κ2) is 11.0. The van der Waals surface area contributed by atoms with Crippen molar-refractivity contribution in [1.82, 2.24) is 10.2 Å². The third-order valence-electron chi connectivity index (χ3n) is 6.51. The van der Waals surface area contributed by atoms with E-state index in [2.05, 4.69) is 10.6 Å². The molecule has 1 fully saturated rings. The molecule has 0 spiro atoms. The Morgan fingerprint density at radius 3 is 2.43 bits per heavy atom. The Labute approximate surface area is 212 Å². The van der Waals surface area contributed by atoms with Crippen molar-refractivity contribution in [2.24, 2.45) is 5.92 Å². The third-order valence-corrected chi connectivity index (χ3v) is 6.51. The fourth-order valence-electron chi connectivity index (χ4n) is 4.53. The minimum atomic E-state index is -4.48. The van der Waals surface area contributed by atoms with Gasteiger partial charge in [0.2, 0.25) is 5.91 Å². The average molecular weight is 514 g/mol. The summed E-state index contributed by atoms with van der Waals surface area (Å²) in [5.41, 5.74) is 1.43. The summed E-state index contributed by atoms with van der Waals surface area (Å²) < 4.78 is 53.0. The van der Waals surface area contributed by atoms with Gasteiger partial charge >= 0.3 is 12.2 Å². The molecule has 3 aromatic carbocycles. The number of para-hydroxylation sites is 1. The molecule has 1 aliphatic heterocycles. The maximum atomic E-state index is 13.9. The zero-order valence-corrected chi connectivity index (χ0v) is 20.2. The lowest BCUT2D eigenvalue weighted by Gasteiger charge is -2.37. The van der Waals surface area contributed by atoms with Gasteiger partial charge in [-0.2, -0.15) is 13.2 Å². The van der Waals surface area contributed by atoms with Crippen molar-refractivity contribution in [3.05, 3.63) is 101 Å². The standard InChI is InChI=1S/C28H27F4N3O2/c1-18-12-20(10-11-25(18)29)21-14-22(17-35(16-21)27(37)34-24-8-3-2-4-9-24)26(36)33-15-19-6-5-7-23(13-19)28(30,31)32/h2-13,21-22H,14-17H2,1H3,(H,33,36)(H,34,37)/t21-,22+/m1/s1. The van der Waals surface area contributed by atoms with Gasteiger partial charge in [-0.3, -0.25) is 4.79 Å². The number of benzene rings is 3.